The van der Waals surface area contributed by atoms with Gasteiger partial charge in [0.25, 0.3) is 5.91 Å². The van der Waals surface area contributed by atoms with Crippen LogP contribution < -0.4 is 24.3 Å². The molecule has 0 aliphatic carbocycles. The van der Waals surface area contributed by atoms with Crippen molar-refractivity contribution >= 4 is 11.9 Å². The van der Waals surface area contributed by atoms with Crippen molar-refractivity contribution in [2.24, 2.45) is 0 Å². The van der Waals surface area contributed by atoms with Crippen LogP contribution in [0.1, 0.15) is 37.7 Å². The maximum Gasteiger partial charge on any atom is 0.353 e. The summed E-state index contributed by atoms with van der Waals surface area (Å²) < 4.78 is 21.2. The summed E-state index contributed by atoms with van der Waals surface area (Å²) in [6, 6.07) is 19.9. The van der Waals surface area contributed by atoms with Gasteiger partial charge in [0.1, 0.15) is 28.7 Å². The minimum atomic E-state index is -1.24. The molecular weight excluding hydrogens is 500 g/mol. The summed E-state index contributed by atoms with van der Waals surface area (Å²) >= 11 is 0. The molecule has 3 N–H and O–H groups in total. The number of nitrogens with one attached hydrogen (secondary N) is 2. The van der Waals surface area contributed by atoms with Crippen LogP contribution in [0.4, 0.5) is 0 Å². The number of carbonyl (C=O) groups excluding carboxylic acids is 1. The van der Waals surface area contributed by atoms with Gasteiger partial charge >= 0.3 is 5.97 Å². The Morgan fingerprint density at radius 2 is 1.38 bits per heavy atom. The van der Waals surface area contributed by atoms with Crippen LogP contribution in [-0.4, -0.2) is 50.4 Å². The average Bonchev–Trinajstić information content (AvgIpc) is 3.35. The number of carbonyl (C=O) groups is 2. The van der Waals surface area contributed by atoms with E-state index in [1.165, 1.54) is 7.11 Å². The molecule has 4 aromatic rings. The fraction of sp³-hybridized carbons (Fsp3) is 0.200. The first-order valence-corrected chi connectivity index (χ1v) is 12.1. The lowest BCUT2D eigenvalue weighted by atomic mass is 9.96. The van der Waals surface area contributed by atoms with Gasteiger partial charge in [-0.05, 0) is 47.5 Å². The number of aromatic nitrogens is 1. The molecule has 0 fully saturated rings. The third-order valence-electron chi connectivity index (χ3n) is 6.37. The number of amides is 1. The van der Waals surface area contributed by atoms with Crippen LogP contribution in [0.5, 0.6) is 23.0 Å². The molecule has 3 aromatic carbocycles. The van der Waals surface area contributed by atoms with Gasteiger partial charge in [0.2, 0.25) is 0 Å². The number of ether oxygens (including phenoxy) is 4. The second-order valence-corrected chi connectivity index (χ2v) is 8.65. The van der Waals surface area contributed by atoms with Crippen molar-refractivity contribution in [2.75, 3.05) is 28.4 Å². The number of H-pyrrole nitrogens is 1. The fourth-order valence-electron chi connectivity index (χ4n) is 4.36. The molecule has 0 radical (unpaired) electrons. The molecule has 0 saturated carbocycles. The summed E-state index contributed by atoms with van der Waals surface area (Å²) in [7, 11) is 6.24. The van der Waals surface area contributed by atoms with E-state index in [1.807, 2.05) is 24.3 Å². The van der Waals surface area contributed by atoms with Crippen LogP contribution in [0.3, 0.4) is 0 Å². The third kappa shape index (κ3) is 5.98. The van der Waals surface area contributed by atoms with E-state index in [9.17, 15) is 14.7 Å². The normalized spacial score (nSPS) is 10.6. The van der Waals surface area contributed by atoms with E-state index >= 15 is 0 Å². The first kappa shape index (κ1) is 27.1. The van der Waals surface area contributed by atoms with E-state index in [4.69, 9.17) is 18.9 Å². The Bertz CT molecular complexity index is 1460. The summed E-state index contributed by atoms with van der Waals surface area (Å²) in [6.45, 7) is 0.117. The van der Waals surface area contributed by atoms with Gasteiger partial charge in [-0.15, -0.1) is 0 Å². The number of carboxylic acids is 1. The second kappa shape index (κ2) is 12.1. The molecular formula is C30H30N2O7. The highest BCUT2D eigenvalue weighted by molar-refractivity contribution is 6.09. The summed E-state index contributed by atoms with van der Waals surface area (Å²) in [5.74, 6) is 0.734. The highest BCUT2D eigenvalue weighted by atomic mass is 16.5. The molecule has 0 spiro atoms. The zero-order chi connectivity index (χ0) is 27.9. The van der Waals surface area contributed by atoms with E-state index < -0.39 is 11.9 Å². The Morgan fingerprint density at radius 3 is 1.95 bits per heavy atom. The van der Waals surface area contributed by atoms with Crippen molar-refractivity contribution in [3.8, 4) is 34.1 Å². The number of aromatic amines is 1. The number of hydrogen-bond donors (Lipinski definition) is 3. The van der Waals surface area contributed by atoms with Crippen LogP contribution in [0.15, 0.2) is 66.7 Å². The van der Waals surface area contributed by atoms with Gasteiger partial charge in [0.05, 0.1) is 34.0 Å². The molecule has 0 unspecified atom stereocenters. The van der Waals surface area contributed by atoms with E-state index in [2.05, 4.69) is 10.3 Å². The molecule has 39 heavy (non-hydrogen) atoms. The molecule has 0 bridgehead atoms. The number of hydrogen-bond acceptors (Lipinski definition) is 6. The smallest absolute Gasteiger partial charge is 0.353 e. The number of methoxy groups -OCH3 is 4. The zero-order valence-electron chi connectivity index (χ0n) is 22.2. The van der Waals surface area contributed by atoms with Gasteiger partial charge in [0, 0.05) is 35.9 Å². The molecule has 9 heteroatoms. The maximum atomic E-state index is 13.6. The molecule has 0 atom stereocenters. The minimum Gasteiger partial charge on any atom is -0.497 e. The van der Waals surface area contributed by atoms with E-state index in [0.717, 1.165) is 5.56 Å². The third-order valence-corrected chi connectivity index (χ3v) is 6.37. The Labute approximate surface area is 226 Å². The molecule has 202 valence electrons. The zero-order valence-corrected chi connectivity index (χ0v) is 22.2. The Hall–Kier alpha value is -4.92. The van der Waals surface area contributed by atoms with Gasteiger partial charge < -0.3 is 34.4 Å². The lowest BCUT2D eigenvalue weighted by molar-refractivity contribution is 0.0685. The number of rotatable bonds is 11. The molecule has 4 rings (SSSR count). The summed E-state index contributed by atoms with van der Waals surface area (Å²) in [6.07, 6.45) is 0.366. The quantitative estimate of drug-likeness (QED) is 0.251. The predicted octanol–water partition coefficient (Wildman–Crippen LogP) is 4.94. The Kier molecular flexibility index (Phi) is 8.40. The summed E-state index contributed by atoms with van der Waals surface area (Å²) in [4.78, 5) is 29.0. The van der Waals surface area contributed by atoms with Gasteiger partial charge in [0.15, 0.2) is 0 Å². The molecule has 0 aliphatic rings. The van der Waals surface area contributed by atoms with Crippen LogP contribution in [-0.2, 0) is 13.0 Å². The monoisotopic (exact) mass is 530 g/mol. The second-order valence-electron chi connectivity index (χ2n) is 8.65. The first-order valence-electron chi connectivity index (χ1n) is 12.1. The van der Waals surface area contributed by atoms with Gasteiger partial charge in [-0.25, -0.2) is 4.79 Å². The lowest BCUT2D eigenvalue weighted by Gasteiger charge is -2.13. The average molecular weight is 531 g/mol. The topological polar surface area (TPSA) is 119 Å². The summed E-state index contributed by atoms with van der Waals surface area (Å²) in [5.41, 5.74) is 3.25. The van der Waals surface area contributed by atoms with Crippen molar-refractivity contribution in [3.63, 3.8) is 0 Å². The standard InChI is InChI=1S/C30H30N2O7/c1-36-21-10-5-18(6-11-21)15-24-26(19-7-12-22(37-2)13-8-19)27(28(32-24)30(34)35)29(33)31-17-20-9-14-23(38-3)16-25(20)39-4/h5-14,16,32H,15,17H2,1-4H3,(H,31,33)(H,34,35). The molecule has 9 nitrogen and oxygen atoms in total. The largest absolute Gasteiger partial charge is 0.497 e. The van der Waals surface area contributed by atoms with Crippen molar-refractivity contribution < 1.29 is 33.6 Å². The molecule has 1 aromatic heterocycles. The van der Waals surface area contributed by atoms with E-state index in [-0.39, 0.29) is 17.8 Å². The van der Waals surface area contributed by atoms with Crippen molar-refractivity contribution in [1.82, 2.24) is 10.3 Å². The van der Waals surface area contributed by atoms with Crippen LogP contribution >= 0.6 is 0 Å². The van der Waals surface area contributed by atoms with Crippen LogP contribution in [0, 0.1) is 0 Å². The van der Waals surface area contributed by atoms with Gasteiger partial charge in [-0.2, -0.15) is 0 Å². The summed E-state index contributed by atoms with van der Waals surface area (Å²) in [5, 5.41) is 12.9. The highest BCUT2D eigenvalue weighted by Crippen LogP contribution is 2.34. The van der Waals surface area contributed by atoms with E-state index in [1.54, 1.807) is 63.8 Å². The highest BCUT2D eigenvalue weighted by Gasteiger charge is 2.28. The molecule has 1 heterocycles. The fourth-order valence-corrected chi connectivity index (χ4v) is 4.36. The first-order chi connectivity index (χ1) is 18.9. The lowest BCUT2D eigenvalue weighted by Crippen LogP contribution is -2.25. The van der Waals surface area contributed by atoms with Crippen LogP contribution in [0.2, 0.25) is 0 Å². The minimum absolute atomic E-state index is 0.0451. The molecule has 0 saturated heterocycles. The maximum absolute atomic E-state index is 13.6. The van der Waals surface area contributed by atoms with Gasteiger partial charge in [-0.1, -0.05) is 24.3 Å². The van der Waals surface area contributed by atoms with E-state index in [0.29, 0.717) is 51.8 Å². The number of aromatic carboxylic acids is 1. The number of benzene rings is 3. The van der Waals surface area contributed by atoms with Crippen molar-refractivity contribution in [2.45, 2.75) is 13.0 Å². The van der Waals surface area contributed by atoms with Gasteiger partial charge in [-0.3, -0.25) is 4.79 Å². The van der Waals surface area contributed by atoms with Crippen LogP contribution in [0.25, 0.3) is 11.1 Å². The van der Waals surface area contributed by atoms with Crippen molar-refractivity contribution in [1.29, 1.82) is 0 Å². The van der Waals surface area contributed by atoms with Crippen molar-refractivity contribution in [3.05, 3.63) is 94.8 Å². The molecule has 0 aliphatic heterocycles. The Morgan fingerprint density at radius 1 is 0.795 bits per heavy atom. The number of carboxylic acid groups (broad SMARTS) is 1. The predicted molar refractivity (Wildman–Crippen MR) is 146 cm³/mol. The Balaban J connectivity index is 1.76. The SMILES string of the molecule is COc1ccc(Cc2[nH]c(C(=O)O)c(C(=O)NCc3ccc(OC)cc3OC)c2-c2ccc(OC)cc2)cc1. The molecule has 1 amide bonds.